The van der Waals surface area contributed by atoms with E-state index in [0.717, 1.165) is 12.8 Å². The van der Waals surface area contributed by atoms with Crippen LogP contribution in [-0.4, -0.2) is 34.5 Å². The molecule has 1 aromatic rings. The van der Waals surface area contributed by atoms with Gasteiger partial charge in [0, 0.05) is 24.5 Å². The zero-order chi connectivity index (χ0) is 14.8. The number of nitro benzene ring substituents is 1. The van der Waals surface area contributed by atoms with Crippen molar-refractivity contribution in [3.63, 3.8) is 0 Å². The molecule has 0 N–H and O–H groups in total. The van der Waals surface area contributed by atoms with Crippen LogP contribution in [0.2, 0.25) is 0 Å². The van der Waals surface area contributed by atoms with Crippen molar-refractivity contribution in [2.75, 3.05) is 13.1 Å². The quantitative estimate of drug-likeness (QED) is 0.487. The SMILES string of the molecule is O=[N+]([O-])c1ccccc1CC(=[N+]1CCCC1)C(F)(F)F. The van der Waals surface area contributed by atoms with Crippen molar-refractivity contribution in [2.45, 2.75) is 25.4 Å². The predicted molar refractivity (Wildman–Crippen MR) is 67.1 cm³/mol. The van der Waals surface area contributed by atoms with Gasteiger partial charge in [0.1, 0.15) is 13.1 Å². The van der Waals surface area contributed by atoms with Gasteiger partial charge in [-0.05, 0) is 0 Å². The topological polar surface area (TPSA) is 46.1 Å². The third-order valence-electron chi connectivity index (χ3n) is 3.36. The molecule has 0 bridgehead atoms. The molecule has 4 nitrogen and oxygen atoms in total. The fourth-order valence-electron chi connectivity index (χ4n) is 2.40. The minimum atomic E-state index is -4.46. The largest absolute Gasteiger partial charge is 0.472 e. The number of para-hydroxylation sites is 1. The second-order valence-electron chi connectivity index (χ2n) is 4.70. The van der Waals surface area contributed by atoms with Gasteiger partial charge in [-0.2, -0.15) is 13.2 Å². The first kappa shape index (κ1) is 14.5. The Balaban J connectivity index is 2.39. The fraction of sp³-hybridized carbons (Fsp3) is 0.462. The van der Waals surface area contributed by atoms with Crippen molar-refractivity contribution in [1.82, 2.24) is 0 Å². The van der Waals surface area contributed by atoms with E-state index >= 15 is 0 Å². The van der Waals surface area contributed by atoms with E-state index in [2.05, 4.69) is 0 Å². The van der Waals surface area contributed by atoms with Gasteiger partial charge in [0.15, 0.2) is 0 Å². The maximum atomic E-state index is 13.1. The maximum Gasteiger partial charge on any atom is 0.472 e. The third kappa shape index (κ3) is 3.15. The number of alkyl halides is 3. The van der Waals surface area contributed by atoms with Gasteiger partial charge in [-0.25, -0.2) is 4.58 Å². The van der Waals surface area contributed by atoms with Crippen LogP contribution < -0.4 is 0 Å². The van der Waals surface area contributed by atoms with E-state index in [0.29, 0.717) is 13.1 Å². The second kappa shape index (κ2) is 5.60. The zero-order valence-corrected chi connectivity index (χ0v) is 10.7. The molecule has 2 rings (SSSR count). The molecule has 1 saturated heterocycles. The molecule has 20 heavy (non-hydrogen) atoms. The molecular weight excluding hydrogens is 273 g/mol. The Hall–Kier alpha value is -1.92. The fourth-order valence-corrected chi connectivity index (χ4v) is 2.40. The zero-order valence-electron chi connectivity index (χ0n) is 10.7. The molecule has 0 radical (unpaired) electrons. The van der Waals surface area contributed by atoms with Crippen molar-refractivity contribution in [3.8, 4) is 0 Å². The maximum absolute atomic E-state index is 13.1. The molecule has 1 aromatic carbocycles. The van der Waals surface area contributed by atoms with Crippen molar-refractivity contribution in [1.29, 1.82) is 0 Å². The molecule has 1 fully saturated rings. The highest BCUT2D eigenvalue weighted by molar-refractivity contribution is 5.88. The van der Waals surface area contributed by atoms with E-state index in [1.165, 1.54) is 28.8 Å². The number of benzene rings is 1. The lowest BCUT2D eigenvalue weighted by Gasteiger charge is -2.10. The Morgan fingerprint density at radius 1 is 1.25 bits per heavy atom. The van der Waals surface area contributed by atoms with E-state index in [4.69, 9.17) is 0 Å². The monoisotopic (exact) mass is 287 g/mol. The number of rotatable bonds is 3. The summed E-state index contributed by atoms with van der Waals surface area (Å²) in [5.74, 6) is 0. The van der Waals surface area contributed by atoms with Crippen LogP contribution in [0, 0.1) is 10.1 Å². The number of hydrogen-bond acceptors (Lipinski definition) is 2. The van der Waals surface area contributed by atoms with Gasteiger partial charge in [-0.3, -0.25) is 10.1 Å². The summed E-state index contributed by atoms with van der Waals surface area (Å²) in [4.78, 5) is 10.2. The lowest BCUT2D eigenvalue weighted by atomic mass is 10.1. The molecular formula is C13H14F3N2O2+. The number of nitro groups is 1. The summed E-state index contributed by atoms with van der Waals surface area (Å²) in [5, 5.41) is 10.9. The summed E-state index contributed by atoms with van der Waals surface area (Å²) in [6.07, 6.45) is -3.48. The van der Waals surface area contributed by atoms with Crippen molar-refractivity contribution < 1.29 is 22.7 Å². The molecule has 0 saturated carbocycles. The average Bonchev–Trinajstić information content (AvgIpc) is 2.88. The van der Waals surface area contributed by atoms with Crippen LogP contribution in [0.4, 0.5) is 18.9 Å². The van der Waals surface area contributed by atoms with Crippen LogP contribution in [-0.2, 0) is 6.42 Å². The minimum Gasteiger partial charge on any atom is -0.258 e. The number of halogens is 3. The van der Waals surface area contributed by atoms with Gasteiger partial charge in [-0.1, -0.05) is 18.2 Å². The van der Waals surface area contributed by atoms with Gasteiger partial charge in [0.25, 0.3) is 11.4 Å². The summed E-state index contributed by atoms with van der Waals surface area (Å²) in [5.41, 5.74) is -0.866. The Bertz CT molecular complexity index is 545. The van der Waals surface area contributed by atoms with E-state index in [9.17, 15) is 23.3 Å². The molecule has 0 spiro atoms. The summed E-state index contributed by atoms with van der Waals surface area (Å²) in [7, 11) is 0. The molecule has 108 valence electrons. The summed E-state index contributed by atoms with van der Waals surface area (Å²) >= 11 is 0. The minimum absolute atomic E-state index is 0.0942. The molecule has 0 aliphatic carbocycles. The molecule has 7 heteroatoms. The van der Waals surface area contributed by atoms with Crippen molar-refractivity contribution in [3.05, 3.63) is 39.9 Å². The van der Waals surface area contributed by atoms with Crippen LogP contribution in [0.3, 0.4) is 0 Å². The first-order valence-corrected chi connectivity index (χ1v) is 6.30. The third-order valence-corrected chi connectivity index (χ3v) is 3.36. The molecule has 0 aromatic heterocycles. The van der Waals surface area contributed by atoms with E-state index in [-0.39, 0.29) is 11.3 Å². The first-order chi connectivity index (χ1) is 9.39. The van der Waals surface area contributed by atoms with Crippen LogP contribution in [0.5, 0.6) is 0 Å². The number of hydrogen-bond donors (Lipinski definition) is 0. The Morgan fingerprint density at radius 2 is 1.85 bits per heavy atom. The lowest BCUT2D eigenvalue weighted by Crippen LogP contribution is -2.34. The molecule has 0 amide bonds. The van der Waals surface area contributed by atoms with Gasteiger partial charge in [-0.15, -0.1) is 0 Å². The highest BCUT2D eigenvalue weighted by Crippen LogP contribution is 2.25. The first-order valence-electron chi connectivity index (χ1n) is 6.30. The summed E-state index contributed by atoms with van der Waals surface area (Å²) in [6, 6.07) is 5.57. The van der Waals surface area contributed by atoms with Crippen molar-refractivity contribution in [2.24, 2.45) is 0 Å². The standard InChI is InChI=1S/C13H14F3N2O2/c14-13(15,16)12(17-7-3-4-8-17)9-10-5-1-2-6-11(10)18(19)20/h1-2,5-6H,3-4,7-9H2/q+1. The average molecular weight is 287 g/mol. The Kier molecular flexibility index (Phi) is 4.06. The van der Waals surface area contributed by atoms with Gasteiger partial charge < -0.3 is 0 Å². The molecule has 1 aliphatic rings. The van der Waals surface area contributed by atoms with Gasteiger partial charge in [0.2, 0.25) is 0 Å². The highest BCUT2D eigenvalue weighted by Gasteiger charge is 2.44. The van der Waals surface area contributed by atoms with Crippen LogP contribution >= 0.6 is 0 Å². The highest BCUT2D eigenvalue weighted by atomic mass is 19.4. The summed E-state index contributed by atoms with van der Waals surface area (Å²) < 4.78 is 40.7. The molecule has 1 heterocycles. The normalized spacial score (nSPS) is 15.4. The Morgan fingerprint density at radius 3 is 2.40 bits per heavy atom. The molecule has 1 aliphatic heterocycles. The van der Waals surface area contributed by atoms with Gasteiger partial charge >= 0.3 is 6.18 Å². The Labute approximate surface area is 113 Å². The van der Waals surface area contributed by atoms with Crippen LogP contribution in [0.1, 0.15) is 18.4 Å². The van der Waals surface area contributed by atoms with E-state index < -0.39 is 23.2 Å². The van der Waals surface area contributed by atoms with E-state index in [1.54, 1.807) is 0 Å². The summed E-state index contributed by atoms with van der Waals surface area (Å²) in [6.45, 7) is 0.713. The molecule has 0 atom stereocenters. The molecule has 0 unspecified atom stereocenters. The lowest BCUT2D eigenvalue weighted by molar-refractivity contribution is -0.514. The predicted octanol–water partition coefficient (Wildman–Crippen LogP) is 2.95. The number of nitrogens with zero attached hydrogens (tertiary/aromatic N) is 2. The smallest absolute Gasteiger partial charge is 0.258 e. The van der Waals surface area contributed by atoms with Crippen LogP contribution in [0.15, 0.2) is 24.3 Å². The van der Waals surface area contributed by atoms with Gasteiger partial charge in [0.05, 0.1) is 11.3 Å². The van der Waals surface area contributed by atoms with Crippen LogP contribution in [0.25, 0.3) is 0 Å². The second-order valence-corrected chi connectivity index (χ2v) is 4.70. The van der Waals surface area contributed by atoms with Crippen molar-refractivity contribution >= 4 is 11.4 Å². The van der Waals surface area contributed by atoms with E-state index in [1.807, 2.05) is 0 Å².